The van der Waals surface area contributed by atoms with E-state index in [2.05, 4.69) is 28.5 Å². The van der Waals surface area contributed by atoms with Crippen LogP contribution in [0.3, 0.4) is 0 Å². The summed E-state index contributed by atoms with van der Waals surface area (Å²) in [5.74, 6) is 0.933. The van der Waals surface area contributed by atoms with E-state index in [1.165, 1.54) is 24.1 Å². The van der Waals surface area contributed by atoms with E-state index in [9.17, 15) is 0 Å². The Hall–Kier alpha value is -0.970. The Morgan fingerprint density at radius 2 is 2.33 bits per heavy atom. The highest BCUT2D eigenvalue weighted by Crippen LogP contribution is 2.41. The van der Waals surface area contributed by atoms with Gasteiger partial charge < -0.3 is 5.32 Å². The van der Waals surface area contributed by atoms with Gasteiger partial charge in [0.05, 0.1) is 12.2 Å². The highest BCUT2D eigenvalue weighted by Gasteiger charge is 2.35. The van der Waals surface area contributed by atoms with Gasteiger partial charge in [-0.1, -0.05) is 18.7 Å². The van der Waals surface area contributed by atoms with E-state index >= 15 is 0 Å². The van der Waals surface area contributed by atoms with Crippen LogP contribution in [0, 0.1) is 5.92 Å². The average molecular weight is 264 g/mol. The van der Waals surface area contributed by atoms with Crippen molar-refractivity contribution in [3.63, 3.8) is 0 Å². The van der Waals surface area contributed by atoms with Crippen LogP contribution in [-0.4, -0.2) is 26.7 Å². The Morgan fingerprint density at radius 3 is 3.06 bits per heavy atom. The molecule has 1 aliphatic carbocycles. The Bertz CT molecular complexity index is 462. The van der Waals surface area contributed by atoms with Crippen molar-refractivity contribution >= 4 is 16.9 Å². The summed E-state index contributed by atoms with van der Waals surface area (Å²) in [5.41, 5.74) is 2.48. The lowest BCUT2D eigenvalue weighted by molar-refractivity contribution is 0.746. The first kappa shape index (κ1) is 12.1. The molecule has 18 heavy (non-hydrogen) atoms. The summed E-state index contributed by atoms with van der Waals surface area (Å²) in [4.78, 5) is 4.60. The maximum Gasteiger partial charge on any atom is 0.157 e. The summed E-state index contributed by atoms with van der Waals surface area (Å²) in [7, 11) is 1.98. The zero-order valence-corrected chi connectivity index (χ0v) is 11.8. The molecule has 1 atom stereocenters. The molecule has 2 aliphatic rings. The van der Waals surface area contributed by atoms with Gasteiger partial charge in [0.15, 0.2) is 5.17 Å². The molecule has 0 radical (unpaired) electrons. The Kier molecular flexibility index (Phi) is 3.33. The van der Waals surface area contributed by atoms with Crippen molar-refractivity contribution in [2.75, 3.05) is 6.54 Å². The summed E-state index contributed by atoms with van der Waals surface area (Å²) in [5, 5.41) is 9.78. The first-order chi connectivity index (χ1) is 8.76. The quantitative estimate of drug-likeness (QED) is 0.904. The third-order valence-electron chi connectivity index (χ3n) is 3.58. The molecule has 5 heteroatoms. The molecule has 98 valence electrons. The standard InChI is InChI=1S/C13H20N4S/c1-3-11-10(8-17(2)16-11)6-14-13-15-7-12(18-13)9-4-5-9/h8-9,12H,3-7H2,1-2H3,(H,14,15). The molecule has 1 aromatic rings. The second-order valence-electron chi connectivity index (χ2n) is 5.12. The third-order valence-corrected chi connectivity index (χ3v) is 4.92. The minimum Gasteiger partial charge on any atom is -0.361 e. The number of rotatable bonds is 4. The van der Waals surface area contributed by atoms with E-state index in [4.69, 9.17) is 0 Å². The molecule has 1 N–H and O–H groups in total. The maximum absolute atomic E-state index is 4.60. The molecule has 1 saturated carbocycles. The van der Waals surface area contributed by atoms with Gasteiger partial charge in [-0.25, -0.2) is 0 Å². The summed E-state index contributed by atoms with van der Waals surface area (Å²) in [6.07, 6.45) is 5.90. The smallest absolute Gasteiger partial charge is 0.157 e. The van der Waals surface area contributed by atoms with Crippen LogP contribution >= 0.6 is 11.8 Å². The first-order valence-electron chi connectivity index (χ1n) is 6.72. The Labute approximate surface area is 112 Å². The molecule has 4 nitrogen and oxygen atoms in total. The van der Waals surface area contributed by atoms with E-state index in [-0.39, 0.29) is 0 Å². The predicted octanol–water partition coefficient (Wildman–Crippen LogP) is 1.95. The van der Waals surface area contributed by atoms with E-state index in [0.29, 0.717) is 0 Å². The van der Waals surface area contributed by atoms with E-state index < -0.39 is 0 Å². The number of aromatic nitrogens is 2. The van der Waals surface area contributed by atoms with Crippen LogP contribution in [0.2, 0.25) is 0 Å². The van der Waals surface area contributed by atoms with Crippen molar-refractivity contribution in [1.82, 2.24) is 15.1 Å². The van der Waals surface area contributed by atoms with E-state index in [1.807, 2.05) is 23.5 Å². The van der Waals surface area contributed by atoms with Gasteiger partial charge in [-0.15, -0.1) is 0 Å². The topological polar surface area (TPSA) is 42.2 Å². The predicted molar refractivity (Wildman–Crippen MR) is 75.8 cm³/mol. The summed E-state index contributed by atoms with van der Waals surface area (Å²) in [6, 6.07) is 0. The van der Waals surface area contributed by atoms with Gasteiger partial charge in [0, 0.05) is 30.6 Å². The molecule has 0 spiro atoms. The second kappa shape index (κ2) is 4.96. The van der Waals surface area contributed by atoms with Gasteiger partial charge >= 0.3 is 0 Å². The van der Waals surface area contributed by atoms with Gasteiger partial charge in [0.25, 0.3) is 0 Å². The zero-order chi connectivity index (χ0) is 12.5. The number of nitrogens with one attached hydrogen (secondary N) is 1. The lowest BCUT2D eigenvalue weighted by Gasteiger charge is -2.07. The van der Waals surface area contributed by atoms with Crippen LogP contribution in [0.4, 0.5) is 0 Å². The molecular formula is C13H20N4S. The Balaban J connectivity index is 1.54. The van der Waals surface area contributed by atoms with Crippen molar-refractivity contribution in [3.05, 3.63) is 17.5 Å². The molecule has 0 bridgehead atoms. The highest BCUT2D eigenvalue weighted by molar-refractivity contribution is 8.14. The fourth-order valence-electron chi connectivity index (χ4n) is 2.40. The number of nitrogens with zero attached hydrogens (tertiary/aromatic N) is 3. The normalized spacial score (nSPS) is 23.2. The van der Waals surface area contributed by atoms with Crippen LogP contribution in [0.1, 0.15) is 31.0 Å². The third kappa shape index (κ3) is 2.55. The molecule has 1 fully saturated rings. The lowest BCUT2D eigenvalue weighted by atomic mass is 10.2. The van der Waals surface area contributed by atoms with Crippen molar-refractivity contribution in [1.29, 1.82) is 0 Å². The monoisotopic (exact) mass is 264 g/mol. The zero-order valence-electron chi connectivity index (χ0n) is 11.0. The molecule has 0 saturated heterocycles. The maximum atomic E-state index is 4.60. The molecule has 0 amide bonds. The largest absolute Gasteiger partial charge is 0.361 e. The van der Waals surface area contributed by atoms with Crippen LogP contribution in [-0.2, 0) is 20.0 Å². The van der Waals surface area contributed by atoms with Crippen LogP contribution in [0.15, 0.2) is 11.2 Å². The van der Waals surface area contributed by atoms with Crippen molar-refractivity contribution in [2.45, 2.75) is 38.0 Å². The second-order valence-corrected chi connectivity index (χ2v) is 6.35. The SMILES string of the molecule is CCc1nn(C)cc1CNC1=NCC(C2CC2)S1. The van der Waals surface area contributed by atoms with Crippen LogP contribution in [0.5, 0.6) is 0 Å². The fraction of sp³-hybridized carbons (Fsp3) is 0.692. The number of hydrogen-bond donors (Lipinski definition) is 1. The van der Waals surface area contributed by atoms with E-state index in [1.54, 1.807) is 0 Å². The van der Waals surface area contributed by atoms with Gasteiger partial charge in [-0.05, 0) is 25.2 Å². The van der Waals surface area contributed by atoms with Crippen molar-refractivity contribution in [2.24, 2.45) is 18.0 Å². The van der Waals surface area contributed by atoms with Gasteiger partial charge in [0.2, 0.25) is 0 Å². The summed E-state index contributed by atoms with van der Waals surface area (Å²) in [6.45, 7) is 4.00. The van der Waals surface area contributed by atoms with Gasteiger partial charge in [0.1, 0.15) is 0 Å². The molecule has 2 heterocycles. The van der Waals surface area contributed by atoms with Crippen LogP contribution < -0.4 is 5.32 Å². The first-order valence-corrected chi connectivity index (χ1v) is 7.60. The number of thioether (sulfide) groups is 1. The number of amidine groups is 1. The Morgan fingerprint density at radius 1 is 1.50 bits per heavy atom. The van der Waals surface area contributed by atoms with Gasteiger partial charge in [-0.3, -0.25) is 9.67 Å². The molecule has 3 rings (SSSR count). The molecule has 1 aromatic heterocycles. The fourth-order valence-corrected chi connectivity index (χ4v) is 3.61. The minimum atomic E-state index is 0.743. The van der Waals surface area contributed by atoms with Crippen molar-refractivity contribution in [3.8, 4) is 0 Å². The van der Waals surface area contributed by atoms with Crippen molar-refractivity contribution < 1.29 is 0 Å². The highest BCUT2D eigenvalue weighted by atomic mass is 32.2. The number of aliphatic imine (C=N–C) groups is 1. The van der Waals surface area contributed by atoms with Crippen LogP contribution in [0.25, 0.3) is 0 Å². The molecule has 0 aromatic carbocycles. The number of aryl methyl sites for hydroxylation is 2. The number of hydrogen-bond acceptors (Lipinski definition) is 4. The lowest BCUT2D eigenvalue weighted by Crippen LogP contribution is -2.19. The van der Waals surface area contributed by atoms with E-state index in [0.717, 1.165) is 35.8 Å². The van der Waals surface area contributed by atoms with Gasteiger partial charge in [-0.2, -0.15) is 5.10 Å². The molecule has 1 aliphatic heterocycles. The molecular weight excluding hydrogens is 244 g/mol. The summed E-state index contributed by atoms with van der Waals surface area (Å²) < 4.78 is 1.90. The summed E-state index contributed by atoms with van der Waals surface area (Å²) >= 11 is 1.93. The average Bonchev–Trinajstić information content (AvgIpc) is 2.99. The molecule has 1 unspecified atom stereocenters. The minimum absolute atomic E-state index is 0.743.